The van der Waals surface area contributed by atoms with Gasteiger partial charge in [0.25, 0.3) is 23.6 Å². The third kappa shape index (κ3) is 15.9. The number of sulfone groups is 4. The van der Waals surface area contributed by atoms with Crippen molar-refractivity contribution < 1.29 is 81.3 Å². The van der Waals surface area contributed by atoms with E-state index in [0.29, 0.717) is 84.0 Å². The Labute approximate surface area is 566 Å². The average molecular weight is 1420 g/mol. The predicted molar refractivity (Wildman–Crippen MR) is 361 cm³/mol. The number of aryl methyl sites for hydroxylation is 3. The van der Waals surface area contributed by atoms with E-state index in [2.05, 4.69) is 0 Å². The fraction of sp³-hybridized carbons (Fsp3) is 0.235. The third-order valence-electron chi connectivity index (χ3n) is 16.1. The fourth-order valence-electron chi connectivity index (χ4n) is 10.3. The molecule has 0 aliphatic carbocycles. The van der Waals surface area contributed by atoms with E-state index in [1.807, 2.05) is 39.0 Å². The maximum absolute atomic E-state index is 12.8. The summed E-state index contributed by atoms with van der Waals surface area (Å²) in [7, 11) is -7.83. The molecule has 5 aliphatic heterocycles. The lowest BCUT2D eigenvalue weighted by molar-refractivity contribution is -0.121. The molecule has 13 rings (SSSR count). The van der Waals surface area contributed by atoms with Crippen molar-refractivity contribution in [1.82, 2.24) is 0 Å². The number of rotatable bonds is 12. The van der Waals surface area contributed by atoms with Crippen LogP contribution in [0, 0.1) is 20.8 Å². The van der Waals surface area contributed by atoms with Gasteiger partial charge in [-0.15, -0.1) is 0 Å². The second-order valence-corrected chi connectivity index (χ2v) is 31.6. The van der Waals surface area contributed by atoms with Gasteiger partial charge in [0.2, 0.25) is 6.79 Å². The molecule has 22 nitrogen and oxygen atoms in total. The van der Waals surface area contributed by atoms with E-state index >= 15 is 0 Å². The first-order valence-corrected chi connectivity index (χ1v) is 36.7. The Kier molecular flexibility index (Phi) is 20.5. The first-order valence-electron chi connectivity index (χ1n) is 29.3. The summed E-state index contributed by atoms with van der Waals surface area (Å²) in [5.41, 5.74) is 7.48. The van der Waals surface area contributed by atoms with E-state index in [-0.39, 0.29) is 99.4 Å². The van der Waals surface area contributed by atoms with Gasteiger partial charge in [-0.05, 0) is 163 Å². The summed E-state index contributed by atoms with van der Waals surface area (Å²) in [6.45, 7) is 5.78. The van der Waals surface area contributed by atoms with Gasteiger partial charge in [-0.3, -0.25) is 19.2 Å². The third-order valence-corrected chi connectivity index (χ3v) is 23.4. The lowest BCUT2D eigenvalue weighted by atomic mass is 10.1. The number of carbonyl (C=O) groups excluding carboxylic acids is 4. The van der Waals surface area contributed by atoms with E-state index in [4.69, 9.17) is 51.6 Å². The van der Waals surface area contributed by atoms with Crippen LogP contribution in [0.2, 0.25) is 10.0 Å². The van der Waals surface area contributed by atoms with Gasteiger partial charge >= 0.3 is 0 Å². The summed E-state index contributed by atoms with van der Waals surface area (Å²) in [6, 6.07) is 40.9. The predicted octanol–water partition coefficient (Wildman–Crippen LogP) is 10.0. The molecular weight excluding hydrogens is 1360 g/mol. The van der Waals surface area contributed by atoms with Crippen LogP contribution in [-0.4, -0.2) is 119 Å². The number of carbonyl (C=O) groups is 4. The number of nitrogens with zero attached hydrogens (tertiary/aromatic N) is 4. The largest absolute Gasteiger partial charge is 0.482 e. The van der Waals surface area contributed by atoms with Crippen LogP contribution < -0.4 is 48.0 Å². The van der Waals surface area contributed by atoms with Crippen molar-refractivity contribution in [2.24, 2.45) is 0 Å². The van der Waals surface area contributed by atoms with Crippen LogP contribution in [0.4, 0.5) is 22.7 Å². The van der Waals surface area contributed by atoms with E-state index in [9.17, 15) is 52.8 Å². The SMILES string of the molecule is CN1C(=O)COc2ccc(S(=O)(=O)Cc3ccc4c(c3)OCO4)cc21.CN1C(=O)COc2ccc(S(=O)(=O)Cc3cccc(Cl)c3)cc21.Cc1ccc(CS(=O)(=O)c2ccc3c(c2)N(C)C(=O)CO3)cc1C.Cc1ccc(CS(=O)(=O)c2ccc3c(c2)N(C)C(=O)CO3)cc1Cl. The zero-order valence-corrected chi connectivity index (χ0v) is 57.6. The first kappa shape index (κ1) is 69.6. The number of fused-ring (bicyclic) bond motifs is 5. The van der Waals surface area contributed by atoms with Crippen LogP contribution in [0.3, 0.4) is 0 Å². The number of benzene rings is 8. The van der Waals surface area contributed by atoms with Crippen molar-refractivity contribution in [3.05, 3.63) is 201 Å². The summed E-state index contributed by atoms with van der Waals surface area (Å²) < 4.78 is 133. The highest BCUT2D eigenvalue weighted by Gasteiger charge is 2.31. The van der Waals surface area contributed by atoms with Gasteiger partial charge in [0.1, 0.15) is 23.0 Å². The molecule has 0 radical (unpaired) electrons. The Morgan fingerprint density at radius 2 is 0.656 bits per heavy atom. The summed E-state index contributed by atoms with van der Waals surface area (Å²) in [5, 5.41) is 1.02. The van der Waals surface area contributed by atoms with Crippen molar-refractivity contribution in [2.45, 2.75) is 63.4 Å². The Morgan fingerprint density at radius 3 is 1.02 bits per heavy atom. The zero-order valence-electron chi connectivity index (χ0n) is 52.8. The minimum Gasteiger partial charge on any atom is -0.482 e. The fourth-order valence-corrected chi connectivity index (χ4v) is 16.1. The number of anilines is 4. The number of likely N-dealkylation sites (N-methyl/N-ethyl adjacent to an activating group) is 4. The minimum atomic E-state index is -3.60. The molecule has 28 heteroatoms. The standard InChI is InChI=1S/C18H19NO4S.C17H16ClNO4S.C17H15NO6S.C16H14ClNO4S/c1-12-4-5-14(8-13(12)2)11-24(21,22)15-6-7-17-16(9-15)19(3)18(20)10-23-17;1-11-3-4-12(7-14(11)18)10-24(21,22)13-5-6-16-15(8-13)19(2)17(20)9-23-16;1-18-13-7-12(3-5-14(13)22-8-17(18)19)25(20,21)9-11-2-4-15-16(6-11)24-10-23-15;1-18-14-8-13(5-6-15(14)22-9-16(18)19)23(20,21)10-11-3-2-4-12(17)7-11/h4-9H,10-11H2,1-3H3;3-8H,9-10H2,1-2H3;2-7H,8-10H2,1H3;2-8H,9-10H2,1H3. The van der Waals surface area contributed by atoms with Gasteiger partial charge in [0.15, 0.2) is 77.3 Å². The molecule has 0 unspecified atom stereocenters. The molecule has 4 amide bonds. The Bertz CT molecular complexity index is 4760. The molecule has 0 spiro atoms. The second-order valence-electron chi connectivity index (χ2n) is 22.8. The molecule has 0 fully saturated rings. The average Bonchev–Trinajstić information content (AvgIpc) is 0.824. The Hall–Kier alpha value is -9.18. The van der Waals surface area contributed by atoms with Gasteiger partial charge in [-0.25, -0.2) is 33.7 Å². The molecule has 8 aromatic carbocycles. The summed E-state index contributed by atoms with van der Waals surface area (Å²) in [5.74, 6) is 1.69. The number of hydrogen-bond donors (Lipinski definition) is 0. The van der Waals surface area contributed by atoms with Gasteiger partial charge in [-0.2, -0.15) is 0 Å². The lowest BCUT2D eigenvalue weighted by Crippen LogP contribution is -2.35. The quantitative estimate of drug-likeness (QED) is 0.110. The molecule has 0 saturated heterocycles. The van der Waals surface area contributed by atoms with Crippen molar-refractivity contribution in [1.29, 1.82) is 0 Å². The highest BCUT2D eigenvalue weighted by molar-refractivity contribution is 7.91. The zero-order chi connectivity index (χ0) is 69.2. The van der Waals surface area contributed by atoms with Crippen LogP contribution in [0.25, 0.3) is 0 Å². The summed E-state index contributed by atoms with van der Waals surface area (Å²) in [4.78, 5) is 53.1. The monoisotopic (exact) mass is 1420 g/mol. The summed E-state index contributed by atoms with van der Waals surface area (Å²) in [6.07, 6.45) is 0. The molecule has 5 heterocycles. The highest BCUT2D eigenvalue weighted by Crippen LogP contribution is 2.40. The molecule has 0 saturated carbocycles. The molecule has 96 heavy (non-hydrogen) atoms. The lowest BCUT2D eigenvalue weighted by Gasteiger charge is -2.26. The van der Waals surface area contributed by atoms with Crippen molar-refractivity contribution in [3.8, 4) is 34.5 Å². The normalized spacial score (nSPS) is 14.7. The van der Waals surface area contributed by atoms with E-state index in [0.717, 1.165) is 22.3 Å². The van der Waals surface area contributed by atoms with E-state index in [1.54, 1.807) is 113 Å². The number of amides is 4. The molecule has 5 aliphatic rings. The Morgan fingerprint density at radius 1 is 0.333 bits per heavy atom. The molecule has 0 atom stereocenters. The van der Waals surface area contributed by atoms with Crippen molar-refractivity contribution in [3.63, 3.8) is 0 Å². The molecule has 8 aromatic rings. The number of ether oxygens (including phenoxy) is 6. The number of hydrogen-bond acceptors (Lipinski definition) is 18. The van der Waals surface area contributed by atoms with Gasteiger partial charge in [0, 0.05) is 38.2 Å². The topological polar surface area (TPSA) is 273 Å². The minimum absolute atomic E-state index is 0.0295. The Balaban J connectivity index is 0.000000139. The smallest absolute Gasteiger partial charge is 0.264 e. The molecule has 502 valence electrons. The van der Waals surface area contributed by atoms with Crippen LogP contribution in [0.1, 0.15) is 38.9 Å². The van der Waals surface area contributed by atoms with Gasteiger partial charge in [0.05, 0.1) is 65.3 Å². The summed E-state index contributed by atoms with van der Waals surface area (Å²) >= 11 is 12.0. The van der Waals surface area contributed by atoms with E-state index in [1.165, 1.54) is 68.1 Å². The molecular formula is C68H64Cl2N4O18S4. The first-order chi connectivity index (χ1) is 45.4. The maximum Gasteiger partial charge on any atom is 0.264 e. The molecule has 0 N–H and O–H groups in total. The van der Waals surface area contributed by atoms with Crippen molar-refractivity contribution >= 4 is 109 Å². The highest BCUT2D eigenvalue weighted by atomic mass is 35.5. The van der Waals surface area contributed by atoms with Crippen molar-refractivity contribution in [2.75, 3.05) is 81.0 Å². The van der Waals surface area contributed by atoms with Crippen LogP contribution in [0.15, 0.2) is 171 Å². The van der Waals surface area contributed by atoms with Crippen LogP contribution in [0.5, 0.6) is 34.5 Å². The van der Waals surface area contributed by atoms with Crippen LogP contribution >= 0.6 is 23.2 Å². The van der Waals surface area contributed by atoms with Gasteiger partial charge < -0.3 is 48.0 Å². The molecule has 0 bridgehead atoms. The maximum atomic E-state index is 12.8. The number of halogens is 2. The van der Waals surface area contributed by atoms with Crippen LogP contribution in [-0.2, 0) is 81.5 Å². The van der Waals surface area contributed by atoms with E-state index < -0.39 is 39.3 Å². The second kappa shape index (κ2) is 28.3. The van der Waals surface area contributed by atoms with Gasteiger partial charge in [-0.1, -0.05) is 71.7 Å². The molecule has 0 aromatic heterocycles.